The maximum absolute atomic E-state index is 10.4. The molecule has 4 heterocycles. The van der Waals surface area contributed by atoms with E-state index in [4.69, 9.17) is 39.7 Å². The molecule has 0 aliphatic carbocycles. The van der Waals surface area contributed by atoms with Gasteiger partial charge >= 0.3 is 0 Å². The van der Waals surface area contributed by atoms with E-state index in [0.717, 1.165) is 82.8 Å². The first kappa shape index (κ1) is 47.4. The molecule has 0 bridgehead atoms. The number of nitrogens with zero attached hydrogens (tertiary/aromatic N) is 12. The molecule has 0 spiro atoms. The predicted molar refractivity (Wildman–Crippen MR) is 312 cm³/mol. The summed E-state index contributed by atoms with van der Waals surface area (Å²) in [5.41, 5.74) is 12.8. The fourth-order valence-corrected chi connectivity index (χ4v) is 10.9. The molecule has 0 unspecified atom stereocenters. The van der Waals surface area contributed by atoms with Gasteiger partial charge in [-0.25, -0.2) is 29.5 Å². The molecule has 12 heteroatoms. The molecule has 366 valence electrons. The smallest absolute Gasteiger partial charge is 0.189 e. The summed E-state index contributed by atoms with van der Waals surface area (Å²) in [6.07, 6.45) is 3.65. The van der Waals surface area contributed by atoms with E-state index in [-0.39, 0.29) is 33.8 Å². The largest absolute Gasteiger partial charge is 0.309 e. The molecule has 4 aromatic heterocycles. The van der Waals surface area contributed by atoms with E-state index < -0.39 is 0 Å². The minimum absolute atomic E-state index is 0.217. The molecule has 0 atom stereocenters. The summed E-state index contributed by atoms with van der Waals surface area (Å²) in [5, 5.41) is 34.1. The van der Waals surface area contributed by atoms with E-state index in [0.29, 0.717) is 39.7 Å². The fourth-order valence-electron chi connectivity index (χ4n) is 10.9. The van der Waals surface area contributed by atoms with E-state index in [1.54, 1.807) is 6.20 Å². The number of nitriles is 3. The van der Waals surface area contributed by atoms with Crippen molar-refractivity contribution in [1.82, 2.24) is 29.1 Å². The van der Waals surface area contributed by atoms with Gasteiger partial charge in [0.2, 0.25) is 0 Å². The van der Waals surface area contributed by atoms with E-state index in [2.05, 4.69) is 78.3 Å². The molecular formula is C68H34N12. The molecular weight excluding hydrogens is 985 g/mol. The third-order valence-electron chi connectivity index (χ3n) is 14.4. The third-order valence-corrected chi connectivity index (χ3v) is 14.4. The first-order valence-electron chi connectivity index (χ1n) is 25.1. The lowest BCUT2D eigenvalue weighted by Crippen LogP contribution is -2.04. The van der Waals surface area contributed by atoms with E-state index in [1.807, 2.05) is 140 Å². The second-order valence-corrected chi connectivity index (χ2v) is 18.8. The molecule has 0 radical (unpaired) electrons. The second kappa shape index (κ2) is 19.4. The Morgan fingerprint density at radius 2 is 0.875 bits per heavy atom. The highest BCUT2D eigenvalue weighted by atomic mass is 15.0. The van der Waals surface area contributed by atoms with Crippen LogP contribution in [0.1, 0.15) is 16.7 Å². The quantitative estimate of drug-likeness (QED) is 0.138. The maximum Gasteiger partial charge on any atom is 0.189 e. The Morgan fingerprint density at radius 3 is 1.40 bits per heavy atom. The molecule has 0 aliphatic heterocycles. The zero-order valence-corrected chi connectivity index (χ0v) is 42.0. The van der Waals surface area contributed by atoms with Gasteiger partial charge in [0, 0.05) is 66.7 Å². The lowest BCUT2D eigenvalue weighted by atomic mass is 9.93. The van der Waals surface area contributed by atoms with Crippen molar-refractivity contribution in [2.45, 2.75) is 0 Å². The predicted octanol–water partition coefficient (Wildman–Crippen LogP) is 16.7. The molecule has 0 saturated heterocycles. The normalized spacial score (nSPS) is 10.9. The van der Waals surface area contributed by atoms with Crippen LogP contribution in [0.3, 0.4) is 0 Å². The van der Waals surface area contributed by atoms with Gasteiger partial charge in [-0.3, -0.25) is 4.98 Å². The fraction of sp³-hybridized carbons (Fsp3) is 0. The molecule has 13 aromatic rings. The first-order valence-corrected chi connectivity index (χ1v) is 25.1. The number of fused-ring (bicyclic) bond motifs is 6. The number of para-hydroxylation sites is 2. The van der Waals surface area contributed by atoms with Gasteiger partial charge in [0.25, 0.3) is 0 Å². The Kier molecular flexibility index (Phi) is 11.5. The van der Waals surface area contributed by atoms with Crippen LogP contribution in [0.25, 0.3) is 137 Å². The standard InChI is InChI=1S/C68H34N12/c1-72-49-32-47(38-70)64(48(33-49)39-71)44-22-25-60-53(34-44)50-18-10-12-20-58(50)79(60)61-27-24-46(68-77-66(42-14-6-4-7-15-42)76-67(78-68)43-16-8-5-9-17-43)36-55(61)52-28-29-75-40-63(52)80-59-21-13-11-19-51(59)54-35-45(23-26-62(54)80)65-56(73-2)30-41(37-69)31-57(65)74-3/h4-36,40H. The van der Waals surface area contributed by atoms with Crippen molar-refractivity contribution in [3.05, 3.63) is 257 Å². The van der Waals surface area contributed by atoms with Crippen LogP contribution >= 0.6 is 0 Å². The van der Waals surface area contributed by atoms with Gasteiger partial charge in [-0.2, -0.15) is 15.8 Å². The van der Waals surface area contributed by atoms with E-state index >= 15 is 0 Å². The van der Waals surface area contributed by atoms with Crippen LogP contribution in [0, 0.1) is 53.7 Å². The highest BCUT2D eigenvalue weighted by Crippen LogP contribution is 2.46. The molecule has 12 nitrogen and oxygen atoms in total. The van der Waals surface area contributed by atoms with Crippen molar-refractivity contribution in [2.24, 2.45) is 0 Å². The van der Waals surface area contributed by atoms with Gasteiger partial charge in [-0.05, 0) is 102 Å². The van der Waals surface area contributed by atoms with Crippen LogP contribution in [0.2, 0.25) is 0 Å². The topological polar surface area (TPSA) is 146 Å². The minimum Gasteiger partial charge on any atom is -0.309 e. The summed E-state index contributed by atoms with van der Waals surface area (Å²) in [6, 6.07) is 68.8. The average Bonchev–Trinajstić information content (AvgIpc) is 4.06. The Bertz CT molecular complexity index is 4900. The summed E-state index contributed by atoms with van der Waals surface area (Å²) in [7, 11) is 0. The Hall–Kier alpha value is -12.3. The molecule has 80 heavy (non-hydrogen) atoms. The highest BCUT2D eigenvalue weighted by Gasteiger charge is 2.25. The third kappa shape index (κ3) is 7.80. The van der Waals surface area contributed by atoms with Crippen molar-refractivity contribution in [3.63, 3.8) is 0 Å². The van der Waals surface area contributed by atoms with Gasteiger partial charge in [-0.15, -0.1) is 0 Å². The van der Waals surface area contributed by atoms with Crippen LogP contribution in [-0.2, 0) is 0 Å². The van der Waals surface area contributed by atoms with Crippen LogP contribution < -0.4 is 0 Å². The minimum atomic E-state index is 0.217. The number of benzene rings is 9. The SMILES string of the molecule is [C-]#[N+]c1cc(C#N)c(-c2ccc3c(c2)c2ccccc2n3-c2ccc(-c3nc(-c4ccccc4)nc(-c4ccccc4)n3)cc2-c2ccncc2-n2c3ccccc3c3cc(-c4c([N+]#[C-])cc(C#N)cc4[N+]#[C-])ccc32)c(C#N)c1. The molecule has 0 amide bonds. The molecule has 13 rings (SSSR count). The summed E-state index contributed by atoms with van der Waals surface area (Å²) >= 11 is 0. The number of aromatic nitrogens is 6. The van der Waals surface area contributed by atoms with Crippen molar-refractivity contribution in [3.8, 4) is 97.1 Å². The van der Waals surface area contributed by atoms with Gasteiger partial charge in [0.15, 0.2) is 34.5 Å². The van der Waals surface area contributed by atoms with Gasteiger partial charge in [0.1, 0.15) is 0 Å². The lowest BCUT2D eigenvalue weighted by molar-refractivity contribution is 1.07. The summed E-state index contributed by atoms with van der Waals surface area (Å²) in [6.45, 7) is 23.8. The lowest BCUT2D eigenvalue weighted by Gasteiger charge is -2.19. The molecule has 9 aromatic carbocycles. The zero-order valence-electron chi connectivity index (χ0n) is 42.0. The molecule has 0 N–H and O–H groups in total. The van der Waals surface area contributed by atoms with Gasteiger partial charge < -0.3 is 9.13 Å². The van der Waals surface area contributed by atoms with Crippen LogP contribution in [0.5, 0.6) is 0 Å². The van der Waals surface area contributed by atoms with Crippen molar-refractivity contribution < 1.29 is 0 Å². The number of hydrogen-bond acceptors (Lipinski definition) is 7. The van der Waals surface area contributed by atoms with Crippen molar-refractivity contribution in [2.75, 3.05) is 0 Å². The summed E-state index contributed by atoms with van der Waals surface area (Å²) < 4.78 is 4.42. The Morgan fingerprint density at radius 1 is 0.388 bits per heavy atom. The van der Waals surface area contributed by atoms with Crippen LogP contribution in [0.4, 0.5) is 17.1 Å². The zero-order chi connectivity index (χ0) is 54.4. The highest BCUT2D eigenvalue weighted by molar-refractivity contribution is 6.13. The van der Waals surface area contributed by atoms with Gasteiger partial charge in [0.05, 0.1) is 88.7 Å². The van der Waals surface area contributed by atoms with E-state index in [9.17, 15) is 15.8 Å². The number of pyridine rings is 1. The first-order chi connectivity index (χ1) is 39.4. The number of hydrogen-bond donors (Lipinski definition) is 0. The maximum atomic E-state index is 10.4. The summed E-state index contributed by atoms with van der Waals surface area (Å²) in [4.78, 5) is 31.2. The Balaban J connectivity index is 1.09. The van der Waals surface area contributed by atoms with Crippen molar-refractivity contribution in [1.29, 1.82) is 15.8 Å². The number of rotatable bonds is 8. The average molecular weight is 1020 g/mol. The van der Waals surface area contributed by atoms with Gasteiger partial charge in [-0.1, -0.05) is 109 Å². The van der Waals surface area contributed by atoms with Crippen LogP contribution in [0.15, 0.2) is 207 Å². The summed E-state index contributed by atoms with van der Waals surface area (Å²) in [5.74, 6) is 1.50. The molecule has 0 fully saturated rings. The molecule has 0 aliphatic rings. The Labute approximate surface area is 458 Å². The molecule has 0 saturated carbocycles. The van der Waals surface area contributed by atoms with Crippen molar-refractivity contribution >= 4 is 60.7 Å². The van der Waals surface area contributed by atoms with E-state index in [1.165, 1.54) is 24.3 Å². The van der Waals surface area contributed by atoms with Crippen LogP contribution in [-0.4, -0.2) is 29.1 Å². The monoisotopic (exact) mass is 1020 g/mol. The second-order valence-electron chi connectivity index (χ2n) is 18.8.